The van der Waals surface area contributed by atoms with E-state index < -0.39 is 0 Å². The third-order valence-electron chi connectivity index (χ3n) is 5.66. The third-order valence-corrected chi connectivity index (χ3v) is 5.66. The van der Waals surface area contributed by atoms with Gasteiger partial charge in [0, 0.05) is 12.1 Å². The Labute approximate surface area is 196 Å². The highest BCUT2D eigenvalue weighted by Crippen LogP contribution is 2.26. The quantitative estimate of drug-likeness (QED) is 0.397. The lowest BCUT2D eigenvalue weighted by molar-refractivity contribution is -0.111. The first kappa shape index (κ1) is 21.3. The molecule has 5 rings (SSSR count). The molecule has 3 heterocycles. The molecular formula is C26H23N7O. The van der Waals surface area contributed by atoms with Gasteiger partial charge in [0.25, 0.3) is 0 Å². The van der Waals surface area contributed by atoms with Gasteiger partial charge < -0.3 is 5.32 Å². The van der Waals surface area contributed by atoms with E-state index in [2.05, 4.69) is 45.4 Å². The molecule has 1 N–H and O–H groups in total. The number of aromatic nitrogens is 6. The molecule has 1 amide bonds. The van der Waals surface area contributed by atoms with Crippen LogP contribution in [0.3, 0.4) is 0 Å². The Balaban J connectivity index is 1.52. The van der Waals surface area contributed by atoms with E-state index in [-0.39, 0.29) is 5.91 Å². The van der Waals surface area contributed by atoms with Gasteiger partial charge in [-0.3, -0.25) is 4.79 Å². The van der Waals surface area contributed by atoms with Gasteiger partial charge in [-0.05, 0) is 49.6 Å². The lowest BCUT2D eigenvalue weighted by Crippen LogP contribution is -2.13. The summed E-state index contributed by atoms with van der Waals surface area (Å²) in [7, 11) is 0. The Kier molecular flexibility index (Phi) is 5.47. The van der Waals surface area contributed by atoms with E-state index in [1.807, 2.05) is 49.4 Å². The Hall–Kier alpha value is -4.59. The van der Waals surface area contributed by atoms with E-state index in [4.69, 9.17) is 0 Å². The van der Waals surface area contributed by atoms with Crippen LogP contribution in [0.2, 0.25) is 0 Å². The summed E-state index contributed by atoms with van der Waals surface area (Å²) < 4.78 is 3.42. The van der Waals surface area contributed by atoms with Crippen LogP contribution in [0.4, 0.5) is 5.82 Å². The van der Waals surface area contributed by atoms with Gasteiger partial charge in [-0.15, -0.1) is 0 Å². The lowest BCUT2D eigenvalue weighted by Gasteiger charge is -2.10. The van der Waals surface area contributed by atoms with E-state index >= 15 is 0 Å². The Morgan fingerprint density at radius 3 is 2.62 bits per heavy atom. The molecule has 0 radical (unpaired) electrons. The summed E-state index contributed by atoms with van der Waals surface area (Å²) in [5.41, 5.74) is 5.60. The molecule has 0 atom stereocenters. The molecule has 3 aromatic heterocycles. The van der Waals surface area contributed by atoms with Crippen LogP contribution in [0.1, 0.15) is 22.4 Å². The second kappa shape index (κ2) is 8.74. The SMILES string of the molecule is Cc1cc(NC(=O)/C=C/c2ccccc2)n(-c2ncnc3c2cnn3-c2cccc(C)c2C)n1. The van der Waals surface area contributed by atoms with Crippen LogP contribution in [-0.4, -0.2) is 35.4 Å². The molecule has 0 saturated heterocycles. The molecule has 0 unspecified atom stereocenters. The highest BCUT2D eigenvalue weighted by molar-refractivity contribution is 6.01. The van der Waals surface area contributed by atoms with Crippen molar-refractivity contribution in [3.63, 3.8) is 0 Å². The van der Waals surface area contributed by atoms with E-state index in [9.17, 15) is 4.79 Å². The maximum absolute atomic E-state index is 12.6. The van der Waals surface area contributed by atoms with Gasteiger partial charge in [-0.2, -0.15) is 14.9 Å². The molecule has 8 heteroatoms. The zero-order chi connectivity index (χ0) is 23.7. The Morgan fingerprint density at radius 1 is 0.971 bits per heavy atom. The average molecular weight is 450 g/mol. The molecule has 34 heavy (non-hydrogen) atoms. The smallest absolute Gasteiger partial charge is 0.249 e. The molecule has 0 aliphatic heterocycles. The van der Waals surface area contributed by atoms with Crippen LogP contribution >= 0.6 is 0 Å². The highest BCUT2D eigenvalue weighted by atomic mass is 16.1. The van der Waals surface area contributed by atoms with Crippen LogP contribution in [0, 0.1) is 20.8 Å². The number of carbonyl (C=O) groups is 1. The van der Waals surface area contributed by atoms with Gasteiger partial charge >= 0.3 is 0 Å². The van der Waals surface area contributed by atoms with Gasteiger partial charge in [0.15, 0.2) is 11.5 Å². The normalized spacial score (nSPS) is 11.4. The molecule has 0 fully saturated rings. The van der Waals surface area contributed by atoms with Crippen molar-refractivity contribution in [2.24, 2.45) is 0 Å². The number of carbonyl (C=O) groups excluding carboxylic acids is 1. The maximum Gasteiger partial charge on any atom is 0.249 e. The molecule has 0 bridgehead atoms. The van der Waals surface area contributed by atoms with Crippen LogP contribution in [0.5, 0.6) is 0 Å². The topological polar surface area (TPSA) is 90.5 Å². The molecule has 8 nitrogen and oxygen atoms in total. The van der Waals surface area contributed by atoms with Gasteiger partial charge in [-0.1, -0.05) is 42.5 Å². The molecular weight excluding hydrogens is 426 g/mol. The fourth-order valence-electron chi connectivity index (χ4n) is 3.80. The largest absolute Gasteiger partial charge is 0.307 e. The summed E-state index contributed by atoms with van der Waals surface area (Å²) in [5, 5.41) is 12.8. The first-order valence-electron chi connectivity index (χ1n) is 10.9. The van der Waals surface area contributed by atoms with Crippen LogP contribution in [-0.2, 0) is 4.79 Å². The summed E-state index contributed by atoms with van der Waals surface area (Å²) in [6.07, 6.45) is 6.47. The van der Waals surface area contributed by atoms with Crippen molar-refractivity contribution in [1.29, 1.82) is 0 Å². The number of nitrogens with one attached hydrogen (secondary N) is 1. The van der Waals surface area contributed by atoms with Crippen molar-refractivity contribution in [1.82, 2.24) is 29.5 Å². The minimum absolute atomic E-state index is 0.263. The van der Waals surface area contributed by atoms with E-state index in [0.717, 1.165) is 27.9 Å². The summed E-state index contributed by atoms with van der Waals surface area (Å²) in [4.78, 5) is 21.6. The van der Waals surface area contributed by atoms with Gasteiger partial charge in [0.1, 0.15) is 12.1 Å². The predicted molar refractivity (Wildman–Crippen MR) is 132 cm³/mol. The second-order valence-electron chi connectivity index (χ2n) is 8.03. The molecule has 168 valence electrons. The van der Waals surface area contributed by atoms with Crippen molar-refractivity contribution in [2.45, 2.75) is 20.8 Å². The molecule has 0 saturated carbocycles. The minimum Gasteiger partial charge on any atom is -0.307 e. The molecule has 5 aromatic rings. The standard InChI is InChI=1S/C26H23N7O/c1-17-8-7-11-22(19(17)3)32-25-21(15-29-32)26(28-16-27-25)33-23(14-18(2)31-33)30-24(34)13-12-20-9-5-4-6-10-20/h4-16H,1-3H3,(H,30,34)/b13-12+. The van der Waals surface area contributed by atoms with Gasteiger partial charge in [0.05, 0.1) is 23.0 Å². The van der Waals surface area contributed by atoms with Crippen molar-refractivity contribution in [3.05, 3.63) is 95.6 Å². The van der Waals surface area contributed by atoms with Crippen molar-refractivity contribution >= 4 is 28.8 Å². The predicted octanol–water partition coefficient (Wildman–Crippen LogP) is 4.58. The van der Waals surface area contributed by atoms with E-state index in [1.54, 1.807) is 27.7 Å². The highest BCUT2D eigenvalue weighted by Gasteiger charge is 2.18. The lowest BCUT2D eigenvalue weighted by atomic mass is 10.1. The first-order chi connectivity index (χ1) is 16.5. The summed E-state index contributed by atoms with van der Waals surface area (Å²) in [6, 6.07) is 17.5. The summed E-state index contributed by atoms with van der Waals surface area (Å²) in [6.45, 7) is 6.00. The number of amides is 1. The number of benzene rings is 2. The number of rotatable bonds is 5. The van der Waals surface area contributed by atoms with Crippen LogP contribution < -0.4 is 5.32 Å². The third kappa shape index (κ3) is 3.97. The van der Waals surface area contributed by atoms with Crippen LogP contribution in [0.25, 0.3) is 28.6 Å². The monoisotopic (exact) mass is 449 g/mol. The number of aryl methyl sites for hydroxylation is 2. The fourth-order valence-corrected chi connectivity index (χ4v) is 3.80. The van der Waals surface area contributed by atoms with E-state index in [0.29, 0.717) is 17.3 Å². The van der Waals surface area contributed by atoms with Gasteiger partial charge in [-0.25, -0.2) is 14.6 Å². The maximum atomic E-state index is 12.6. The second-order valence-corrected chi connectivity index (χ2v) is 8.03. The average Bonchev–Trinajstić information content (AvgIpc) is 3.43. The first-order valence-corrected chi connectivity index (χ1v) is 10.9. The molecule has 2 aromatic carbocycles. The number of hydrogen-bond donors (Lipinski definition) is 1. The Morgan fingerprint density at radius 2 is 1.79 bits per heavy atom. The zero-order valence-electron chi connectivity index (χ0n) is 19.1. The minimum atomic E-state index is -0.263. The molecule has 0 spiro atoms. The molecule has 0 aliphatic rings. The van der Waals surface area contributed by atoms with Gasteiger partial charge in [0.2, 0.25) is 5.91 Å². The summed E-state index contributed by atoms with van der Waals surface area (Å²) in [5.74, 6) is 0.790. The van der Waals surface area contributed by atoms with Crippen molar-refractivity contribution in [2.75, 3.05) is 5.32 Å². The number of fused-ring (bicyclic) bond motifs is 1. The number of hydrogen-bond acceptors (Lipinski definition) is 5. The van der Waals surface area contributed by atoms with E-state index in [1.165, 1.54) is 18.0 Å². The number of anilines is 1. The van der Waals surface area contributed by atoms with Crippen LogP contribution in [0.15, 0.2) is 73.2 Å². The zero-order valence-corrected chi connectivity index (χ0v) is 19.1. The number of nitrogens with zero attached hydrogens (tertiary/aromatic N) is 6. The Bertz CT molecular complexity index is 1530. The van der Waals surface area contributed by atoms with Crippen molar-refractivity contribution in [3.8, 4) is 11.5 Å². The summed E-state index contributed by atoms with van der Waals surface area (Å²) >= 11 is 0. The fraction of sp³-hybridized carbons (Fsp3) is 0.115. The molecule has 0 aliphatic carbocycles. The van der Waals surface area contributed by atoms with Crippen molar-refractivity contribution < 1.29 is 4.79 Å².